The van der Waals surface area contributed by atoms with E-state index < -0.39 is 0 Å². The number of hydrogen-bond donors (Lipinski definition) is 0. The highest BCUT2D eigenvalue weighted by atomic mass is 14.9. The van der Waals surface area contributed by atoms with Crippen LogP contribution < -0.4 is 0 Å². The molecule has 50 heavy (non-hydrogen) atoms. The summed E-state index contributed by atoms with van der Waals surface area (Å²) in [7, 11) is 0. The molecule has 0 saturated heterocycles. The molecule has 0 N–H and O–H groups in total. The van der Waals surface area contributed by atoms with Crippen molar-refractivity contribution in [1.29, 1.82) is 0 Å². The molecule has 0 bridgehead atoms. The SMILES string of the molecule is CC(C)(C)c1ccc2c(-c3cccc4ccccc34)c3cc(-c4cnc(-c5ccccc5)nc4)ccc3c(-c3cccc4ccccc34)c2c1. The van der Waals surface area contributed by atoms with Gasteiger partial charge < -0.3 is 0 Å². The van der Waals surface area contributed by atoms with Crippen molar-refractivity contribution in [3.8, 4) is 44.8 Å². The number of aromatic nitrogens is 2. The van der Waals surface area contributed by atoms with Crippen LogP contribution in [0.2, 0.25) is 0 Å². The predicted molar refractivity (Wildman–Crippen MR) is 212 cm³/mol. The average molecular weight is 641 g/mol. The lowest BCUT2D eigenvalue weighted by molar-refractivity contribution is 0.591. The van der Waals surface area contributed by atoms with Crippen molar-refractivity contribution in [2.24, 2.45) is 0 Å². The molecule has 0 unspecified atom stereocenters. The Morgan fingerprint density at radius 3 is 1.50 bits per heavy atom. The molecule has 0 aliphatic carbocycles. The highest BCUT2D eigenvalue weighted by Crippen LogP contribution is 2.48. The standard InChI is InChI=1S/C48H36N2/c1-48(2,3)36-24-26-42-44(28-36)46(40-22-12-18-32-14-8-10-20-38(32)40)41-25-23-34(35-29-49-47(50-30-35)33-15-5-4-6-16-33)27-43(41)45(42)39-21-11-17-31-13-7-9-19-37(31)39/h4-30H,1-3H3. The Morgan fingerprint density at radius 1 is 0.380 bits per heavy atom. The molecule has 238 valence electrons. The molecule has 0 aliphatic rings. The maximum atomic E-state index is 4.80. The molecule has 1 heterocycles. The summed E-state index contributed by atoms with van der Waals surface area (Å²) in [5, 5.41) is 9.94. The summed E-state index contributed by atoms with van der Waals surface area (Å²) in [4.78, 5) is 9.60. The molecule has 0 aliphatic heterocycles. The van der Waals surface area contributed by atoms with Crippen LogP contribution in [0.25, 0.3) is 87.9 Å². The zero-order valence-electron chi connectivity index (χ0n) is 28.5. The molecule has 2 nitrogen and oxygen atoms in total. The van der Waals surface area contributed by atoms with Crippen LogP contribution in [0.4, 0.5) is 0 Å². The second kappa shape index (κ2) is 11.8. The minimum absolute atomic E-state index is 0.00541. The second-order valence-electron chi connectivity index (χ2n) is 14.2. The van der Waals surface area contributed by atoms with Gasteiger partial charge in [-0.1, -0.05) is 160 Å². The van der Waals surface area contributed by atoms with Crippen LogP contribution in [-0.2, 0) is 5.41 Å². The molecule has 0 radical (unpaired) electrons. The largest absolute Gasteiger partial charge is 0.236 e. The first-order valence-corrected chi connectivity index (χ1v) is 17.3. The first kappa shape index (κ1) is 30.0. The molecule has 0 atom stereocenters. The fourth-order valence-electron chi connectivity index (χ4n) is 7.55. The van der Waals surface area contributed by atoms with E-state index in [9.17, 15) is 0 Å². The van der Waals surface area contributed by atoms with E-state index in [0.717, 1.165) is 22.5 Å². The summed E-state index contributed by atoms with van der Waals surface area (Å²) >= 11 is 0. The average Bonchev–Trinajstić information content (AvgIpc) is 3.16. The van der Waals surface area contributed by atoms with Crippen molar-refractivity contribution in [3.05, 3.63) is 170 Å². The zero-order valence-corrected chi connectivity index (χ0v) is 28.5. The normalized spacial score (nSPS) is 11.9. The Kier molecular flexibility index (Phi) is 7.07. The van der Waals surface area contributed by atoms with Gasteiger partial charge in [-0.2, -0.15) is 0 Å². The summed E-state index contributed by atoms with van der Waals surface area (Å²) in [6.07, 6.45) is 3.91. The fraction of sp³-hybridized carbons (Fsp3) is 0.0833. The molecule has 9 rings (SSSR count). The Hall–Kier alpha value is -6.12. The van der Waals surface area contributed by atoms with E-state index in [1.165, 1.54) is 70.9 Å². The van der Waals surface area contributed by atoms with Crippen molar-refractivity contribution in [1.82, 2.24) is 9.97 Å². The Balaban J connectivity index is 1.41. The summed E-state index contributed by atoms with van der Waals surface area (Å²) in [6, 6.07) is 55.1. The van der Waals surface area contributed by atoms with Crippen molar-refractivity contribution in [2.75, 3.05) is 0 Å². The lowest BCUT2D eigenvalue weighted by Crippen LogP contribution is -2.10. The summed E-state index contributed by atoms with van der Waals surface area (Å²) in [5.41, 5.74) is 9.41. The lowest BCUT2D eigenvalue weighted by atomic mass is 9.80. The van der Waals surface area contributed by atoms with Gasteiger partial charge in [0.1, 0.15) is 0 Å². The Bertz CT molecular complexity index is 2710. The molecule has 9 aromatic rings. The van der Waals surface area contributed by atoms with Crippen LogP contribution in [0.1, 0.15) is 26.3 Å². The summed E-state index contributed by atoms with van der Waals surface area (Å²) < 4.78 is 0. The highest BCUT2D eigenvalue weighted by Gasteiger charge is 2.22. The van der Waals surface area contributed by atoms with Crippen LogP contribution in [0.15, 0.2) is 164 Å². The molecule has 0 spiro atoms. The van der Waals surface area contributed by atoms with Crippen LogP contribution in [-0.4, -0.2) is 9.97 Å². The van der Waals surface area contributed by atoms with Gasteiger partial charge in [0.15, 0.2) is 5.82 Å². The van der Waals surface area contributed by atoms with Crippen molar-refractivity contribution in [2.45, 2.75) is 26.2 Å². The summed E-state index contributed by atoms with van der Waals surface area (Å²) in [5.74, 6) is 0.727. The van der Waals surface area contributed by atoms with Gasteiger partial charge in [0.2, 0.25) is 0 Å². The number of nitrogens with zero attached hydrogens (tertiary/aromatic N) is 2. The minimum atomic E-state index is -0.00541. The maximum Gasteiger partial charge on any atom is 0.159 e. The molecule has 0 amide bonds. The van der Waals surface area contributed by atoms with E-state index in [-0.39, 0.29) is 5.41 Å². The van der Waals surface area contributed by atoms with Gasteiger partial charge in [-0.25, -0.2) is 9.97 Å². The zero-order chi connectivity index (χ0) is 33.8. The van der Waals surface area contributed by atoms with E-state index in [1.54, 1.807) is 0 Å². The molecule has 8 aromatic carbocycles. The van der Waals surface area contributed by atoms with Crippen LogP contribution in [0.3, 0.4) is 0 Å². The first-order chi connectivity index (χ1) is 24.4. The number of rotatable bonds is 4. The van der Waals surface area contributed by atoms with Gasteiger partial charge in [0.05, 0.1) is 0 Å². The molecule has 0 fully saturated rings. The van der Waals surface area contributed by atoms with E-state index in [2.05, 4.69) is 142 Å². The smallest absolute Gasteiger partial charge is 0.159 e. The van der Waals surface area contributed by atoms with Crippen LogP contribution in [0.5, 0.6) is 0 Å². The lowest BCUT2D eigenvalue weighted by Gasteiger charge is -2.24. The van der Waals surface area contributed by atoms with Gasteiger partial charge in [-0.15, -0.1) is 0 Å². The molecular formula is C48H36N2. The first-order valence-electron chi connectivity index (χ1n) is 17.3. The van der Waals surface area contributed by atoms with Gasteiger partial charge in [-0.05, 0) is 94.0 Å². The third-order valence-electron chi connectivity index (χ3n) is 10.1. The molecule has 1 aromatic heterocycles. The Labute approximate surface area is 292 Å². The fourth-order valence-corrected chi connectivity index (χ4v) is 7.55. The van der Waals surface area contributed by atoms with E-state index in [1.807, 2.05) is 42.7 Å². The molecule has 2 heteroatoms. The summed E-state index contributed by atoms with van der Waals surface area (Å²) in [6.45, 7) is 6.90. The van der Waals surface area contributed by atoms with E-state index in [0.29, 0.717) is 0 Å². The monoisotopic (exact) mass is 640 g/mol. The number of benzene rings is 8. The van der Waals surface area contributed by atoms with Crippen molar-refractivity contribution in [3.63, 3.8) is 0 Å². The van der Waals surface area contributed by atoms with Crippen molar-refractivity contribution >= 4 is 43.1 Å². The van der Waals surface area contributed by atoms with Crippen LogP contribution >= 0.6 is 0 Å². The van der Waals surface area contributed by atoms with Crippen LogP contribution in [0, 0.1) is 0 Å². The van der Waals surface area contributed by atoms with Gasteiger partial charge in [0, 0.05) is 23.5 Å². The minimum Gasteiger partial charge on any atom is -0.236 e. The third kappa shape index (κ3) is 5.04. The molecular weight excluding hydrogens is 605 g/mol. The van der Waals surface area contributed by atoms with Gasteiger partial charge in [-0.3, -0.25) is 0 Å². The van der Waals surface area contributed by atoms with Gasteiger partial charge in [0.25, 0.3) is 0 Å². The number of hydrogen-bond acceptors (Lipinski definition) is 2. The van der Waals surface area contributed by atoms with E-state index in [4.69, 9.17) is 9.97 Å². The predicted octanol–water partition coefficient (Wildman–Crippen LogP) is 13.1. The van der Waals surface area contributed by atoms with Crippen molar-refractivity contribution < 1.29 is 0 Å². The maximum absolute atomic E-state index is 4.80. The highest BCUT2D eigenvalue weighted by molar-refractivity contribution is 6.25. The third-order valence-corrected chi connectivity index (χ3v) is 10.1. The quantitative estimate of drug-likeness (QED) is 0.179. The topological polar surface area (TPSA) is 25.8 Å². The second-order valence-corrected chi connectivity index (χ2v) is 14.2. The Morgan fingerprint density at radius 2 is 0.900 bits per heavy atom. The van der Waals surface area contributed by atoms with Gasteiger partial charge >= 0.3 is 0 Å². The molecule has 0 saturated carbocycles. The number of fused-ring (bicyclic) bond motifs is 4. The van der Waals surface area contributed by atoms with E-state index >= 15 is 0 Å².